The summed E-state index contributed by atoms with van der Waals surface area (Å²) in [5, 5.41) is 67.0. The third-order valence-corrected chi connectivity index (χ3v) is 12.2. The van der Waals surface area contributed by atoms with Crippen LogP contribution in [0.15, 0.2) is 18.2 Å². The highest BCUT2D eigenvalue weighted by Crippen LogP contribution is 2.54. The van der Waals surface area contributed by atoms with Crippen molar-refractivity contribution in [2.75, 3.05) is 14.1 Å². The number of rotatable bonds is 8. The summed E-state index contributed by atoms with van der Waals surface area (Å²) in [5.41, 5.74) is -2.55. The lowest BCUT2D eigenvalue weighted by Gasteiger charge is -2.48. The zero-order valence-corrected chi connectivity index (χ0v) is 32.0. The van der Waals surface area contributed by atoms with Crippen LogP contribution in [-0.4, -0.2) is 134 Å². The number of carbonyl (C=O) groups excluding carboxylic acids is 2. The number of hydrogen-bond acceptors (Lipinski definition) is 15. The Morgan fingerprint density at radius 1 is 0.782 bits per heavy atom. The molecule has 7 rings (SSSR count). The predicted octanol–water partition coefficient (Wildman–Crippen LogP) is 2.94. The predicted molar refractivity (Wildman–Crippen MR) is 193 cm³/mol. The summed E-state index contributed by atoms with van der Waals surface area (Å²) >= 11 is 0. The number of nitrogens with zero attached hydrogens (tertiary/aromatic N) is 1. The molecule has 55 heavy (non-hydrogen) atoms. The van der Waals surface area contributed by atoms with Crippen LogP contribution < -0.4 is 0 Å². The number of ether oxygens (including phenoxy) is 6. The third kappa shape index (κ3) is 7.06. The Bertz CT molecular complexity index is 1790. The highest BCUT2D eigenvalue weighted by Gasteiger charge is 2.51. The molecule has 0 bridgehead atoms. The number of aliphatic hydroxyl groups is 3. The van der Waals surface area contributed by atoms with Gasteiger partial charge in [-0.25, -0.2) is 0 Å². The van der Waals surface area contributed by atoms with Crippen molar-refractivity contribution >= 4 is 11.6 Å². The molecule has 15 nitrogen and oxygen atoms in total. The largest absolute Gasteiger partial charge is 0.507 e. The second kappa shape index (κ2) is 15.3. The maximum absolute atomic E-state index is 13.8. The fourth-order valence-corrected chi connectivity index (χ4v) is 8.95. The van der Waals surface area contributed by atoms with Crippen molar-refractivity contribution in [3.05, 3.63) is 51.6 Å². The van der Waals surface area contributed by atoms with E-state index in [1.54, 1.807) is 20.8 Å². The summed E-state index contributed by atoms with van der Waals surface area (Å²) < 4.78 is 37.6. The third-order valence-electron chi connectivity index (χ3n) is 12.2. The molecule has 0 saturated carbocycles. The first-order valence-corrected chi connectivity index (χ1v) is 19.2. The maximum Gasteiger partial charge on any atom is 0.202 e. The van der Waals surface area contributed by atoms with Gasteiger partial charge in [0.2, 0.25) is 5.78 Å². The van der Waals surface area contributed by atoms with Gasteiger partial charge in [-0.3, -0.25) is 9.59 Å². The van der Waals surface area contributed by atoms with Crippen molar-refractivity contribution in [1.82, 2.24) is 4.90 Å². The van der Waals surface area contributed by atoms with Gasteiger partial charge in [-0.2, -0.15) is 0 Å². The van der Waals surface area contributed by atoms with Crippen LogP contribution in [0, 0.1) is 0 Å². The molecule has 15 heteroatoms. The molecule has 6 N–H and O–H groups in total. The minimum absolute atomic E-state index is 0.00671. The van der Waals surface area contributed by atoms with Crippen LogP contribution in [0.1, 0.15) is 115 Å². The number of carbonyl (C=O) groups is 2. The van der Waals surface area contributed by atoms with Crippen LogP contribution in [0.5, 0.6) is 17.2 Å². The van der Waals surface area contributed by atoms with E-state index in [2.05, 4.69) is 0 Å². The first-order chi connectivity index (χ1) is 26.0. The number of likely N-dealkylation sites (N-methyl/N-ethyl adjacent to an activating group) is 1. The average Bonchev–Trinajstić information content (AvgIpc) is 3.13. The summed E-state index contributed by atoms with van der Waals surface area (Å²) in [6.07, 6.45) is -6.00. The molecule has 0 spiro atoms. The molecular formula is C40H53NO14. The van der Waals surface area contributed by atoms with E-state index in [1.165, 1.54) is 18.2 Å². The standard InChI is InChI=1S/C40H53NO14/c1-7-40(49)14-13-21-30(36(48)32-31(34(21)46)35(47)29-20(33(32)45)9-8-10-24(29)43)39(40)55-27-15-22(41(5)6)37(18(3)51-27)54-28-16-25(44)38(19(4)52-28)53-26-12-11-23(42)17(2)50-26/h8-10,17-19,22-23,25-28,37-39,42-44,46,48-49H,7,11-16H2,1-6H3/t17-,18-,19-,22-,23-,25-,26-,27-,28-,37+,38+,39+,40+/m0/s1. The van der Waals surface area contributed by atoms with E-state index >= 15 is 0 Å². The van der Waals surface area contributed by atoms with Crippen molar-refractivity contribution in [1.29, 1.82) is 0 Å². The van der Waals surface area contributed by atoms with Crippen molar-refractivity contribution < 1.29 is 68.6 Å². The summed E-state index contributed by atoms with van der Waals surface area (Å²) in [6.45, 7) is 7.16. The number of fused-ring (bicyclic) bond motifs is 3. The topological polar surface area (TPSA) is 214 Å². The number of aliphatic hydroxyl groups excluding tert-OH is 2. The van der Waals surface area contributed by atoms with Crippen LogP contribution in [0.3, 0.4) is 0 Å². The number of aromatic hydroxyl groups is 3. The summed E-state index contributed by atoms with van der Waals surface area (Å²) in [6, 6.07) is 3.74. The molecule has 3 fully saturated rings. The number of phenols is 3. The molecule has 13 atom stereocenters. The van der Waals surface area contributed by atoms with Crippen LogP contribution >= 0.6 is 0 Å². The second-order valence-corrected chi connectivity index (χ2v) is 15.9. The lowest BCUT2D eigenvalue weighted by Crippen LogP contribution is -2.58. The van der Waals surface area contributed by atoms with E-state index in [9.17, 15) is 40.2 Å². The van der Waals surface area contributed by atoms with E-state index in [1.807, 2.05) is 25.9 Å². The van der Waals surface area contributed by atoms with E-state index < -0.39 is 107 Å². The average molecular weight is 772 g/mol. The Labute approximate surface area is 319 Å². The van der Waals surface area contributed by atoms with E-state index in [-0.39, 0.29) is 66.5 Å². The molecule has 3 heterocycles. The molecule has 0 aromatic heterocycles. The number of ketones is 2. The van der Waals surface area contributed by atoms with E-state index in [0.29, 0.717) is 12.8 Å². The monoisotopic (exact) mass is 771 g/mol. The van der Waals surface area contributed by atoms with Gasteiger partial charge in [0.25, 0.3) is 0 Å². The number of phenolic OH excluding ortho intramolecular Hbond substituents is 3. The molecule has 2 aromatic rings. The van der Waals surface area contributed by atoms with Gasteiger partial charge < -0.3 is 64.0 Å². The summed E-state index contributed by atoms with van der Waals surface area (Å²) in [4.78, 5) is 29.4. The lowest BCUT2D eigenvalue weighted by molar-refractivity contribution is -0.331. The van der Waals surface area contributed by atoms with Gasteiger partial charge in [0.05, 0.1) is 52.8 Å². The normalized spacial score (nSPS) is 37.7. The lowest BCUT2D eigenvalue weighted by atomic mass is 9.71. The maximum atomic E-state index is 13.8. The molecule has 5 aliphatic rings. The van der Waals surface area contributed by atoms with Gasteiger partial charge in [-0.1, -0.05) is 19.1 Å². The van der Waals surface area contributed by atoms with Gasteiger partial charge in [-0.05, 0) is 66.6 Å². The molecule has 2 aromatic carbocycles. The first-order valence-electron chi connectivity index (χ1n) is 19.2. The van der Waals surface area contributed by atoms with Crippen molar-refractivity contribution in [3.8, 4) is 17.2 Å². The van der Waals surface area contributed by atoms with Gasteiger partial charge in [-0.15, -0.1) is 0 Å². The Hall–Kier alpha value is -3.22. The Balaban J connectivity index is 1.10. The SMILES string of the molecule is CC[C@@]1(O)CCc2c(O)c3c(c(O)c2[C@H]1O[C@H]1C[C@H](N(C)C)[C@H](O[C@H]2C[C@H](O)[C@H](O[C@H]4CC[C@H](O)[C@H](C)O4)[C@H](C)O2)[C@H](C)O1)C(=O)c1cccc(O)c1C3=O. The molecule has 302 valence electrons. The van der Waals surface area contributed by atoms with Crippen LogP contribution in [-0.2, 0) is 34.8 Å². The Kier molecular flexibility index (Phi) is 11.1. The molecular weight excluding hydrogens is 718 g/mol. The Morgan fingerprint density at radius 2 is 1.42 bits per heavy atom. The van der Waals surface area contributed by atoms with Gasteiger partial charge in [0, 0.05) is 42.0 Å². The minimum atomic E-state index is -1.54. The van der Waals surface area contributed by atoms with Gasteiger partial charge in [0.1, 0.15) is 35.6 Å². The van der Waals surface area contributed by atoms with Crippen LogP contribution in [0.2, 0.25) is 0 Å². The summed E-state index contributed by atoms with van der Waals surface area (Å²) in [5.74, 6) is -3.05. The fourth-order valence-electron chi connectivity index (χ4n) is 8.95. The highest BCUT2D eigenvalue weighted by molar-refractivity contribution is 6.31. The molecule has 3 saturated heterocycles. The number of benzene rings is 2. The number of hydrogen-bond donors (Lipinski definition) is 6. The first kappa shape index (κ1) is 40.0. The summed E-state index contributed by atoms with van der Waals surface area (Å²) in [7, 11) is 3.77. The van der Waals surface area contributed by atoms with Gasteiger partial charge in [0.15, 0.2) is 24.7 Å². The highest BCUT2D eigenvalue weighted by atomic mass is 16.7. The van der Waals surface area contributed by atoms with Crippen molar-refractivity contribution in [2.45, 2.75) is 152 Å². The van der Waals surface area contributed by atoms with Gasteiger partial charge >= 0.3 is 0 Å². The zero-order chi connectivity index (χ0) is 39.7. The minimum Gasteiger partial charge on any atom is -0.507 e. The molecule has 3 aliphatic heterocycles. The van der Waals surface area contributed by atoms with Crippen molar-refractivity contribution in [3.63, 3.8) is 0 Å². The Morgan fingerprint density at radius 3 is 2.07 bits per heavy atom. The quantitative estimate of drug-likeness (QED) is 0.182. The van der Waals surface area contributed by atoms with E-state index in [0.717, 1.165) is 0 Å². The van der Waals surface area contributed by atoms with Crippen molar-refractivity contribution in [2.24, 2.45) is 0 Å². The van der Waals surface area contributed by atoms with Crippen LogP contribution in [0.4, 0.5) is 0 Å². The zero-order valence-electron chi connectivity index (χ0n) is 32.0. The molecule has 0 radical (unpaired) electrons. The molecule has 2 aliphatic carbocycles. The smallest absolute Gasteiger partial charge is 0.202 e. The van der Waals surface area contributed by atoms with E-state index in [4.69, 9.17) is 28.4 Å². The molecule has 0 unspecified atom stereocenters. The fraction of sp³-hybridized carbons (Fsp3) is 0.650. The van der Waals surface area contributed by atoms with Crippen LogP contribution in [0.25, 0.3) is 0 Å². The molecule has 0 amide bonds. The second-order valence-electron chi connectivity index (χ2n) is 15.9.